The van der Waals surface area contributed by atoms with Crippen molar-refractivity contribution < 1.29 is 8.42 Å². The third-order valence-corrected chi connectivity index (χ3v) is 7.49. The highest BCUT2D eigenvalue weighted by Gasteiger charge is 2.32. The molecule has 0 fully saturated rings. The van der Waals surface area contributed by atoms with E-state index in [9.17, 15) is 8.42 Å². The highest BCUT2D eigenvalue weighted by Crippen LogP contribution is 2.31. The van der Waals surface area contributed by atoms with Crippen molar-refractivity contribution in [2.75, 3.05) is 37.5 Å². The van der Waals surface area contributed by atoms with E-state index in [1.807, 2.05) is 62.1 Å². The van der Waals surface area contributed by atoms with E-state index in [0.717, 1.165) is 22.6 Å². The van der Waals surface area contributed by atoms with Crippen molar-refractivity contribution in [3.05, 3.63) is 77.0 Å². The van der Waals surface area contributed by atoms with Crippen LogP contribution in [-0.4, -0.2) is 50.4 Å². The summed E-state index contributed by atoms with van der Waals surface area (Å²) >= 11 is 0. The number of anilines is 2. The maximum atomic E-state index is 13.3. The van der Waals surface area contributed by atoms with Gasteiger partial charge in [0, 0.05) is 52.8 Å². The standard InChI is InChI=1S/C24H29N5O2S/c1-18-9-8-12-20(15-18)32(30,31)29-14-13-22-21(17-29)23(27(2)3)26-24(25-22)28(4)16-19-10-6-5-7-11-19/h5-12,15H,13-14,16-17H2,1-4H3. The fourth-order valence-electron chi connectivity index (χ4n) is 3.96. The van der Waals surface area contributed by atoms with Crippen LogP contribution in [0, 0.1) is 6.92 Å². The quantitative estimate of drug-likeness (QED) is 0.573. The molecule has 0 spiro atoms. The van der Waals surface area contributed by atoms with E-state index in [2.05, 4.69) is 12.1 Å². The number of fused-ring (bicyclic) bond motifs is 1. The molecule has 0 amide bonds. The number of sulfonamides is 1. The van der Waals surface area contributed by atoms with Crippen LogP contribution in [0.2, 0.25) is 0 Å². The van der Waals surface area contributed by atoms with Crippen LogP contribution in [0.3, 0.4) is 0 Å². The van der Waals surface area contributed by atoms with Gasteiger partial charge in [-0.15, -0.1) is 0 Å². The van der Waals surface area contributed by atoms with E-state index in [4.69, 9.17) is 9.97 Å². The molecule has 0 saturated heterocycles. The van der Waals surface area contributed by atoms with Crippen LogP contribution in [0.25, 0.3) is 0 Å². The highest BCUT2D eigenvalue weighted by atomic mass is 32.2. The lowest BCUT2D eigenvalue weighted by Crippen LogP contribution is -2.38. The van der Waals surface area contributed by atoms with E-state index in [1.165, 1.54) is 9.87 Å². The van der Waals surface area contributed by atoms with Crippen molar-refractivity contribution >= 4 is 21.8 Å². The van der Waals surface area contributed by atoms with Crippen molar-refractivity contribution in [1.29, 1.82) is 0 Å². The predicted molar refractivity (Wildman–Crippen MR) is 127 cm³/mol. The third kappa shape index (κ3) is 4.47. The molecule has 0 radical (unpaired) electrons. The van der Waals surface area contributed by atoms with Gasteiger partial charge in [-0.05, 0) is 30.2 Å². The fraction of sp³-hybridized carbons (Fsp3) is 0.333. The Kier molecular flexibility index (Phi) is 6.17. The Labute approximate surface area is 190 Å². The molecular formula is C24H29N5O2S. The second kappa shape index (κ2) is 8.88. The molecule has 0 saturated carbocycles. The smallest absolute Gasteiger partial charge is 0.243 e. The van der Waals surface area contributed by atoms with Gasteiger partial charge in [0.05, 0.1) is 10.6 Å². The zero-order chi connectivity index (χ0) is 22.9. The third-order valence-electron chi connectivity index (χ3n) is 5.65. The van der Waals surface area contributed by atoms with Crippen molar-refractivity contribution in [2.45, 2.75) is 31.3 Å². The molecule has 0 unspecified atom stereocenters. The molecule has 0 N–H and O–H groups in total. The summed E-state index contributed by atoms with van der Waals surface area (Å²) in [6.07, 6.45) is 0.552. The topological polar surface area (TPSA) is 69.6 Å². The molecule has 0 atom stereocenters. The second-order valence-corrected chi connectivity index (χ2v) is 10.4. The molecule has 2 heterocycles. The van der Waals surface area contributed by atoms with E-state index in [-0.39, 0.29) is 6.54 Å². The van der Waals surface area contributed by atoms with Crippen molar-refractivity contribution in [2.24, 2.45) is 0 Å². The van der Waals surface area contributed by atoms with Gasteiger partial charge in [0.15, 0.2) is 0 Å². The second-order valence-electron chi connectivity index (χ2n) is 8.41. The summed E-state index contributed by atoms with van der Waals surface area (Å²) in [7, 11) is 2.25. The van der Waals surface area contributed by atoms with Crippen LogP contribution < -0.4 is 9.80 Å². The van der Waals surface area contributed by atoms with Gasteiger partial charge in [-0.2, -0.15) is 9.29 Å². The molecular weight excluding hydrogens is 422 g/mol. The number of aromatic nitrogens is 2. The van der Waals surface area contributed by atoms with Crippen LogP contribution >= 0.6 is 0 Å². The summed E-state index contributed by atoms with van der Waals surface area (Å²) in [5, 5.41) is 0. The van der Waals surface area contributed by atoms with Crippen LogP contribution in [0.1, 0.15) is 22.4 Å². The van der Waals surface area contributed by atoms with Crippen molar-refractivity contribution in [1.82, 2.24) is 14.3 Å². The van der Waals surface area contributed by atoms with Gasteiger partial charge in [-0.25, -0.2) is 13.4 Å². The molecule has 3 aromatic rings. The number of hydrogen-bond donors (Lipinski definition) is 0. The Balaban J connectivity index is 1.65. The number of nitrogens with zero attached hydrogens (tertiary/aromatic N) is 5. The minimum Gasteiger partial charge on any atom is -0.362 e. The minimum absolute atomic E-state index is 0.266. The molecule has 2 aromatic carbocycles. The summed E-state index contributed by atoms with van der Waals surface area (Å²) in [5.74, 6) is 1.40. The van der Waals surface area contributed by atoms with Gasteiger partial charge in [0.1, 0.15) is 5.82 Å². The van der Waals surface area contributed by atoms with Gasteiger partial charge in [0.2, 0.25) is 16.0 Å². The Hall–Kier alpha value is -2.97. The summed E-state index contributed by atoms with van der Waals surface area (Å²) < 4.78 is 28.1. The lowest BCUT2D eigenvalue weighted by molar-refractivity contribution is 0.387. The number of benzene rings is 2. The van der Waals surface area contributed by atoms with Gasteiger partial charge >= 0.3 is 0 Å². The first kappa shape index (κ1) is 22.2. The largest absolute Gasteiger partial charge is 0.362 e. The summed E-state index contributed by atoms with van der Waals surface area (Å²) in [6.45, 7) is 3.26. The zero-order valence-electron chi connectivity index (χ0n) is 19.0. The summed E-state index contributed by atoms with van der Waals surface area (Å²) in [6, 6.07) is 17.2. The van der Waals surface area contributed by atoms with Crippen LogP contribution in [0.4, 0.5) is 11.8 Å². The molecule has 1 aliphatic rings. The van der Waals surface area contributed by atoms with Crippen LogP contribution in [0.5, 0.6) is 0 Å². The predicted octanol–water partition coefficient (Wildman–Crippen LogP) is 3.23. The number of rotatable bonds is 6. The SMILES string of the molecule is Cc1cccc(S(=O)(=O)N2CCc3nc(N(C)Cc4ccccc4)nc(N(C)C)c3C2)c1. The maximum absolute atomic E-state index is 13.3. The first-order valence-corrected chi connectivity index (χ1v) is 12.1. The average Bonchev–Trinajstić information content (AvgIpc) is 2.78. The molecule has 4 rings (SSSR count). The number of aryl methyl sites for hydroxylation is 1. The van der Waals surface area contributed by atoms with Crippen molar-refractivity contribution in [3.8, 4) is 0 Å². The lowest BCUT2D eigenvalue weighted by Gasteiger charge is -2.31. The van der Waals surface area contributed by atoms with Crippen LogP contribution in [0.15, 0.2) is 59.5 Å². The highest BCUT2D eigenvalue weighted by molar-refractivity contribution is 7.89. The Morgan fingerprint density at radius 2 is 1.75 bits per heavy atom. The lowest BCUT2D eigenvalue weighted by atomic mass is 10.1. The minimum atomic E-state index is -3.59. The first-order chi connectivity index (χ1) is 15.3. The molecule has 8 heteroatoms. The normalized spacial score (nSPS) is 14.1. The van der Waals surface area contributed by atoms with E-state index in [0.29, 0.717) is 30.4 Å². The molecule has 32 heavy (non-hydrogen) atoms. The van der Waals surface area contributed by atoms with Crippen LogP contribution in [-0.2, 0) is 29.5 Å². The molecule has 168 valence electrons. The van der Waals surface area contributed by atoms with Gasteiger partial charge in [0.25, 0.3) is 0 Å². The monoisotopic (exact) mass is 451 g/mol. The Morgan fingerprint density at radius 3 is 2.44 bits per heavy atom. The molecule has 1 aromatic heterocycles. The molecule has 0 aliphatic carbocycles. The van der Waals surface area contributed by atoms with E-state index >= 15 is 0 Å². The van der Waals surface area contributed by atoms with Gasteiger partial charge < -0.3 is 9.80 Å². The molecule has 7 nitrogen and oxygen atoms in total. The fourth-order valence-corrected chi connectivity index (χ4v) is 5.47. The Bertz CT molecular complexity index is 1210. The summed E-state index contributed by atoms with van der Waals surface area (Å²) in [5.41, 5.74) is 3.88. The van der Waals surface area contributed by atoms with Crippen molar-refractivity contribution in [3.63, 3.8) is 0 Å². The van der Waals surface area contributed by atoms with E-state index < -0.39 is 10.0 Å². The number of hydrogen-bond acceptors (Lipinski definition) is 6. The van der Waals surface area contributed by atoms with Gasteiger partial charge in [-0.3, -0.25) is 0 Å². The van der Waals surface area contributed by atoms with E-state index in [1.54, 1.807) is 18.2 Å². The molecule has 0 bridgehead atoms. The Morgan fingerprint density at radius 1 is 1.00 bits per heavy atom. The van der Waals surface area contributed by atoms with Gasteiger partial charge in [-0.1, -0.05) is 42.5 Å². The maximum Gasteiger partial charge on any atom is 0.243 e. The zero-order valence-corrected chi connectivity index (χ0v) is 19.8. The molecule has 1 aliphatic heterocycles. The first-order valence-electron chi connectivity index (χ1n) is 10.6. The average molecular weight is 452 g/mol. The summed E-state index contributed by atoms with van der Waals surface area (Å²) in [4.78, 5) is 13.9.